The van der Waals surface area contributed by atoms with E-state index in [2.05, 4.69) is 10.0 Å². The van der Waals surface area contributed by atoms with Gasteiger partial charge >= 0.3 is 0 Å². The lowest BCUT2D eigenvalue weighted by Gasteiger charge is -2.22. The molecule has 0 spiro atoms. The van der Waals surface area contributed by atoms with Crippen molar-refractivity contribution in [3.63, 3.8) is 0 Å². The molecule has 19 heavy (non-hydrogen) atoms. The molecule has 1 aliphatic heterocycles. The molecule has 2 fully saturated rings. The third kappa shape index (κ3) is 5.77. The Morgan fingerprint density at radius 3 is 2.47 bits per heavy atom. The van der Waals surface area contributed by atoms with Crippen LogP contribution in [0.1, 0.15) is 38.5 Å². The molecule has 0 unspecified atom stereocenters. The summed E-state index contributed by atoms with van der Waals surface area (Å²) in [7, 11) is -3.13. The van der Waals surface area contributed by atoms with Crippen LogP contribution < -0.4 is 10.0 Å². The van der Waals surface area contributed by atoms with Crippen LogP contribution >= 0.6 is 0 Å². The smallest absolute Gasteiger partial charge is 0.211 e. The van der Waals surface area contributed by atoms with Crippen LogP contribution in [0.25, 0.3) is 0 Å². The fourth-order valence-electron chi connectivity index (χ4n) is 2.90. The van der Waals surface area contributed by atoms with Gasteiger partial charge in [-0.15, -0.1) is 0 Å². The van der Waals surface area contributed by atoms with Gasteiger partial charge in [0, 0.05) is 6.54 Å². The zero-order valence-electron chi connectivity index (χ0n) is 11.6. The van der Waals surface area contributed by atoms with Gasteiger partial charge < -0.3 is 10.1 Å². The first-order valence-electron chi connectivity index (χ1n) is 7.45. The van der Waals surface area contributed by atoms with Crippen LogP contribution in [0.3, 0.4) is 0 Å². The molecule has 112 valence electrons. The van der Waals surface area contributed by atoms with Crippen molar-refractivity contribution in [2.24, 2.45) is 5.92 Å². The van der Waals surface area contributed by atoms with Crippen LogP contribution in [0.2, 0.25) is 0 Å². The van der Waals surface area contributed by atoms with Crippen molar-refractivity contribution >= 4 is 10.0 Å². The maximum atomic E-state index is 11.9. The van der Waals surface area contributed by atoms with E-state index in [0.717, 1.165) is 38.8 Å². The van der Waals surface area contributed by atoms with E-state index < -0.39 is 10.0 Å². The summed E-state index contributed by atoms with van der Waals surface area (Å²) in [6, 6.07) is 0. The van der Waals surface area contributed by atoms with E-state index in [9.17, 15) is 8.42 Å². The minimum atomic E-state index is -3.13. The Morgan fingerprint density at radius 1 is 1.11 bits per heavy atom. The summed E-state index contributed by atoms with van der Waals surface area (Å²) in [4.78, 5) is 0. The van der Waals surface area contributed by atoms with Gasteiger partial charge in [-0.05, 0) is 44.7 Å². The van der Waals surface area contributed by atoms with Gasteiger partial charge in [0.05, 0.1) is 18.5 Å². The van der Waals surface area contributed by atoms with Crippen molar-refractivity contribution in [1.29, 1.82) is 0 Å². The third-order valence-corrected chi connectivity index (χ3v) is 5.55. The Hall–Kier alpha value is -0.170. The number of sulfonamides is 1. The molecule has 0 bridgehead atoms. The first kappa shape index (κ1) is 15.2. The van der Waals surface area contributed by atoms with E-state index in [1.807, 2.05) is 0 Å². The van der Waals surface area contributed by atoms with Crippen molar-refractivity contribution in [2.75, 3.05) is 32.0 Å². The summed E-state index contributed by atoms with van der Waals surface area (Å²) in [6.07, 6.45) is 7.01. The molecule has 1 aliphatic carbocycles. The third-order valence-electron chi connectivity index (χ3n) is 3.99. The second kappa shape index (κ2) is 7.57. The Kier molecular flexibility index (Phi) is 6.06. The standard InChI is InChI=1S/C13H26N2O3S/c16-19(17,11-12-5-7-14-8-6-12)15-9-10-18-13-3-1-2-4-13/h12-15H,1-11H2. The minimum Gasteiger partial charge on any atom is -0.377 e. The van der Waals surface area contributed by atoms with E-state index >= 15 is 0 Å². The molecule has 2 aliphatic rings. The summed E-state index contributed by atoms with van der Waals surface area (Å²) in [5.41, 5.74) is 0. The normalized spacial score (nSPS) is 22.9. The maximum Gasteiger partial charge on any atom is 0.211 e. The average molecular weight is 290 g/mol. The average Bonchev–Trinajstić information content (AvgIpc) is 2.88. The Bertz CT molecular complexity index is 347. The highest BCUT2D eigenvalue weighted by Gasteiger charge is 2.21. The molecule has 1 saturated heterocycles. The van der Waals surface area contributed by atoms with Gasteiger partial charge in [-0.2, -0.15) is 0 Å². The topological polar surface area (TPSA) is 67.4 Å². The van der Waals surface area contributed by atoms with Crippen LogP contribution in [-0.2, 0) is 14.8 Å². The van der Waals surface area contributed by atoms with Crippen molar-refractivity contribution in [3.8, 4) is 0 Å². The zero-order valence-corrected chi connectivity index (χ0v) is 12.4. The molecule has 0 radical (unpaired) electrons. The predicted octanol–water partition coefficient (Wildman–Crippen LogP) is 0.865. The molecule has 0 amide bonds. The molecule has 0 aromatic rings. The molecule has 0 aromatic carbocycles. The van der Waals surface area contributed by atoms with E-state index in [1.165, 1.54) is 12.8 Å². The zero-order chi connectivity index (χ0) is 13.6. The molecule has 2 N–H and O–H groups in total. The van der Waals surface area contributed by atoms with Crippen LogP contribution in [0.5, 0.6) is 0 Å². The van der Waals surface area contributed by atoms with Gasteiger partial charge in [0.1, 0.15) is 0 Å². The highest BCUT2D eigenvalue weighted by molar-refractivity contribution is 7.89. The van der Waals surface area contributed by atoms with Crippen LogP contribution in [-0.4, -0.2) is 46.5 Å². The lowest BCUT2D eigenvalue weighted by molar-refractivity contribution is 0.0626. The number of piperidine rings is 1. The molecule has 5 nitrogen and oxygen atoms in total. The van der Waals surface area contributed by atoms with Crippen molar-refractivity contribution in [1.82, 2.24) is 10.0 Å². The SMILES string of the molecule is O=S(=O)(CC1CCNCC1)NCCOC1CCCC1. The molecular weight excluding hydrogens is 264 g/mol. The molecule has 1 heterocycles. The van der Waals surface area contributed by atoms with Crippen molar-refractivity contribution < 1.29 is 13.2 Å². The fourth-order valence-corrected chi connectivity index (χ4v) is 4.36. The van der Waals surface area contributed by atoms with Crippen molar-refractivity contribution in [3.05, 3.63) is 0 Å². The Balaban J connectivity index is 1.60. The maximum absolute atomic E-state index is 11.9. The summed E-state index contributed by atoms with van der Waals surface area (Å²) in [6.45, 7) is 2.77. The number of hydrogen-bond donors (Lipinski definition) is 2. The van der Waals surface area contributed by atoms with E-state index in [-0.39, 0.29) is 5.75 Å². The Morgan fingerprint density at radius 2 is 1.79 bits per heavy atom. The summed E-state index contributed by atoms with van der Waals surface area (Å²) >= 11 is 0. The highest BCUT2D eigenvalue weighted by Crippen LogP contribution is 2.20. The second-order valence-corrected chi connectivity index (χ2v) is 7.50. The van der Waals surface area contributed by atoms with Gasteiger partial charge in [-0.1, -0.05) is 12.8 Å². The van der Waals surface area contributed by atoms with Crippen LogP contribution in [0.4, 0.5) is 0 Å². The van der Waals surface area contributed by atoms with Gasteiger partial charge in [0.2, 0.25) is 10.0 Å². The summed E-state index contributed by atoms with van der Waals surface area (Å²) < 4.78 is 32.1. The fraction of sp³-hybridized carbons (Fsp3) is 1.00. The number of rotatable bonds is 7. The lowest BCUT2D eigenvalue weighted by atomic mass is 10.0. The quantitative estimate of drug-likeness (QED) is 0.683. The summed E-state index contributed by atoms with van der Waals surface area (Å²) in [5, 5.41) is 3.25. The molecule has 0 atom stereocenters. The second-order valence-electron chi connectivity index (χ2n) is 5.65. The predicted molar refractivity (Wildman–Crippen MR) is 75.6 cm³/mol. The first-order chi connectivity index (χ1) is 9.16. The van der Waals surface area contributed by atoms with Gasteiger partial charge in [-0.3, -0.25) is 0 Å². The minimum absolute atomic E-state index is 0.262. The largest absolute Gasteiger partial charge is 0.377 e. The van der Waals surface area contributed by atoms with E-state index in [1.54, 1.807) is 0 Å². The number of hydrogen-bond acceptors (Lipinski definition) is 4. The van der Waals surface area contributed by atoms with Crippen LogP contribution in [0, 0.1) is 5.92 Å². The first-order valence-corrected chi connectivity index (χ1v) is 9.10. The molecule has 0 aromatic heterocycles. The molecule has 1 saturated carbocycles. The monoisotopic (exact) mass is 290 g/mol. The van der Waals surface area contributed by atoms with Gasteiger partial charge in [0.25, 0.3) is 0 Å². The Labute approximate surface area is 116 Å². The molecular formula is C13H26N2O3S. The molecule has 6 heteroatoms. The summed E-state index contributed by atoms with van der Waals surface area (Å²) in [5.74, 6) is 0.562. The lowest BCUT2D eigenvalue weighted by Crippen LogP contribution is -2.36. The van der Waals surface area contributed by atoms with Gasteiger partial charge in [0.15, 0.2) is 0 Å². The van der Waals surface area contributed by atoms with Gasteiger partial charge in [-0.25, -0.2) is 13.1 Å². The van der Waals surface area contributed by atoms with E-state index in [4.69, 9.17) is 4.74 Å². The molecule has 2 rings (SSSR count). The van der Waals surface area contributed by atoms with Crippen LogP contribution in [0.15, 0.2) is 0 Å². The number of ether oxygens (including phenoxy) is 1. The van der Waals surface area contributed by atoms with Crippen molar-refractivity contribution in [2.45, 2.75) is 44.6 Å². The van der Waals surface area contributed by atoms with E-state index in [0.29, 0.717) is 25.2 Å². The highest BCUT2D eigenvalue weighted by atomic mass is 32.2. The number of nitrogens with one attached hydrogen (secondary N) is 2.